The molecule has 21 heavy (non-hydrogen) atoms. The van der Waals surface area contributed by atoms with E-state index >= 15 is 0 Å². The van der Waals surface area contributed by atoms with E-state index in [1.807, 2.05) is 24.3 Å². The molecule has 0 amide bonds. The van der Waals surface area contributed by atoms with E-state index in [2.05, 4.69) is 26.8 Å². The van der Waals surface area contributed by atoms with Crippen LogP contribution in [-0.4, -0.2) is 0 Å². The average Bonchev–Trinajstić information content (AvgIpc) is 2.46. The van der Waals surface area contributed by atoms with Gasteiger partial charge in [-0.15, -0.1) is 0 Å². The SMILES string of the molecule is CC1CCC2CC1(c1cc3ccccc3oc1=O)C2(C)C. The van der Waals surface area contributed by atoms with Crippen LogP contribution in [0.3, 0.4) is 0 Å². The van der Waals surface area contributed by atoms with Crippen LogP contribution in [0.25, 0.3) is 11.0 Å². The smallest absolute Gasteiger partial charge is 0.340 e. The zero-order valence-electron chi connectivity index (χ0n) is 13.0. The Labute approximate surface area is 125 Å². The van der Waals surface area contributed by atoms with E-state index in [9.17, 15) is 4.79 Å². The molecule has 0 N–H and O–H groups in total. The molecule has 3 unspecified atom stereocenters. The second-order valence-electron chi connectivity index (χ2n) is 7.56. The topological polar surface area (TPSA) is 30.2 Å². The lowest BCUT2D eigenvalue weighted by molar-refractivity contribution is -0.135. The summed E-state index contributed by atoms with van der Waals surface area (Å²) in [5.41, 5.74) is 1.67. The van der Waals surface area contributed by atoms with Crippen molar-refractivity contribution in [2.75, 3.05) is 0 Å². The molecule has 110 valence electrons. The van der Waals surface area contributed by atoms with E-state index < -0.39 is 0 Å². The molecule has 3 saturated carbocycles. The average molecular weight is 282 g/mol. The Kier molecular flexibility index (Phi) is 2.50. The summed E-state index contributed by atoms with van der Waals surface area (Å²) in [6, 6.07) is 9.92. The molecule has 3 fully saturated rings. The van der Waals surface area contributed by atoms with Crippen LogP contribution in [0.4, 0.5) is 0 Å². The molecule has 0 spiro atoms. The van der Waals surface area contributed by atoms with Gasteiger partial charge in [0.25, 0.3) is 0 Å². The van der Waals surface area contributed by atoms with Gasteiger partial charge in [0, 0.05) is 16.4 Å². The van der Waals surface area contributed by atoms with Crippen molar-refractivity contribution in [3.05, 3.63) is 46.3 Å². The quantitative estimate of drug-likeness (QED) is 0.720. The molecule has 0 saturated heterocycles. The van der Waals surface area contributed by atoms with Crippen LogP contribution in [-0.2, 0) is 5.41 Å². The van der Waals surface area contributed by atoms with Crippen molar-refractivity contribution in [2.45, 2.75) is 45.4 Å². The first-order valence-electron chi connectivity index (χ1n) is 8.00. The summed E-state index contributed by atoms with van der Waals surface area (Å²) in [6.45, 7) is 6.99. The fourth-order valence-corrected chi connectivity index (χ4v) is 5.23. The highest BCUT2D eigenvalue weighted by Crippen LogP contribution is 2.69. The maximum absolute atomic E-state index is 12.6. The Morgan fingerprint density at radius 2 is 1.95 bits per heavy atom. The Morgan fingerprint density at radius 1 is 1.19 bits per heavy atom. The highest BCUT2D eigenvalue weighted by Gasteiger charge is 2.66. The minimum Gasteiger partial charge on any atom is -0.423 e. The number of rotatable bonds is 1. The zero-order chi connectivity index (χ0) is 14.8. The van der Waals surface area contributed by atoms with E-state index in [4.69, 9.17) is 4.42 Å². The first-order valence-corrected chi connectivity index (χ1v) is 8.00. The molecule has 1 aromatic heterocycles. The minimum atomic E-state index is -0.131. The standard InChI is InChI=1S/C19H22O2/c1-12-8-9-14-11-19(12,18(14,2)3)15-10-13-6-4-5-7-16(13)21-17(15)20/h4-7,10,12,14H,8-9,11H2,1-3H3. The summed E-state index contributed by atoms with van der Waals surface area (Å²) in [5.74, 6) is 1.29. The molecule has 2 heteroatoms. The molecule has 3 aliphatic carbocycles. The molecule has 2 nitrogen and oxygen atoms in total. The van der Waals surface area contributed by atoms with Crippen molar-refractivity contribution in [3.63, 3.8) is 0 Å². The summed E-state index contributed by atoms with van der Waals surface area (Å²) in [4.78, 5) is 12.6. The van der Waals surface area contributed by atoms with Crippen LogP contribution in [0.5, 0.6) is 0 Å². The summed E-state index contributed by atoms with van der Waals surface area (Å²) in [5, 5.41) is 1.04. The fourth-order valence-electron chi connectivity index (χ4n) is 5.23. The van der Waals surface area contributed by atoms with Crippen molar-refractivity contribution in [1.82, 2.24) is 0 Å². The summed E-state index contributed by atoms with van der Waals surface area (Å²) in [7, 11) is 0. The van der Waals surface area contributed by atoms with Gasteiger partial charge in [0.05, 0.1) is 0 Å². The third-order valence-corrected chi connectivity index (χ3v) is 6.65. The van der Waals surface area contributed by atoms with Crippen molar-refractivity contribution < 1.29 is 4.42 Å². The Hall–Kier alpha value is -1.57. The van der Waals surface area contributed by atoms with Crippen LogP contribution < -0.4 is 5.63 Å². The van der Waals surface area contributed by atoms with E-state index in [0.29, 0.717) is 11.5 Å². The van der Waals surface area contributed by atoms with Crippen molar-refractivity contribution in [3.8, 4) is 0 Å². The Balaban J connectivity index is 1.97. The minimum absolute atomic E-state index is 0.000527. The molecular weight excluding hydrogens is 260 g/mol. The molecule has 2 aromatic rings. The first kappa shape index (κ1) is 13.1. The molecule has 1 heterocycles. The largest absolute Gasteiger partial charge is 0.423 e. The van der Waals surface area contributed by atoms with Gasteiger partial charge in [-0.05, 0) is 48.6 Å². The van der Waals surface area contributed by atoms with E-state index in [1.165, 1.54) is 12.8 Å². The molecule has 1 aromatic carbocycles. The second-order valence-corrected chi connectivity index (χ2v) is 7.56. The maximum atomic E-state index is 12.6. The lowest BCUT2D eigenvalue weighted by atomic mass is 9.35. The Bertz CT molecular complexity index is 770. The van der Waals surface area contributed by atoms with Gasteiger partial charge in [-0.3, -0.25) is 0 Å². The summed E-state index contributed by atoms with van der Waals surface area (Å²) in [6.07, 6.45) is 3.67. The number of hydrogen-bond acceptors (Lipinski definition) is 2. The van der Waals surface area contributed by atoms with Gasteiger partial charge in [0.15, 0.2) is 0 Å². The number of hydrogen-bond donors (Lipinski definition) is 0. The lowest BCUT2D eigenvalue weighted by Crippen LogP contribution is -2.65. The highest BCUT2D eigenvalue weighted by atomic mass is 16.4. The van der Waals surface area contributed by atoms with Gasteiger partial charge in [-0.1, -0.05) is 39.0 Å². The maximum Gasteiger partial charge on any atom is 0.340 e. The van der Waals surface area contributed by atoms with Crippen LogP contribution >= 0.6 is 0 Å². The molecule has 5 rings (SSSR count). The molecular formula is C19H22O2. The predicted molar refractivity (Wildman–Crippen MR) is 84.4 cm³/mol. The fraction of sp³-hybridized carbons (Fsp3) is 0.526. The molecule has 2 bridgehead atoms. The summed E-state index contributed by atoms with van der Waals surface area (Å²) < 4.78 is 5.62. The van der Waals surface area contributed by atoms with Gasteiger partial charge < -0.3 is 4.42 Å². The molecule has 3 atom stereocenters. The summed E-state index contributed by atoms with van der Waals surface area (Å²) >= 11 is 0. The number of fused-ring (bicyclic) bond motifs is 3. The van der Waals surface area contributed by atoms with Gasteiger partial charge in [-0.2, -0.15) is 0 Å². The Morgan fingerprint density at radius 3 is 2.67 bits per heavy atom. The van der Waals surface area contributed by atoms with Crippen LogP contribution in [0.1, 0.15) is 45.6 Å². The van der Waals surface area contributed by atoms with Crippen LogP contribution in [0.2, 0.25) is 0 Å². The monoisotopic (exact) mass is 282 g/mol. The van der Waals surface area contributed by atoms with Crippen molar-refractivity contribution in [1.29, 1.82) is 0 Å². The normalized spacial score (nSPS) is 33.7. The molecule has 3 aliphatic rings. The van der Waals surface area contributed by atoms with E-state index in [-0.39, 0.29) is 16.5 Å². The van der Waals surface area contributed by atoms with E-state index in [0.717, 1.165) is 23.3 Å². The van der Waals surface area contributed by atoms with Gasteiger partial charge in [0.2, 0.25) is 0 Å². The van der Waals surface area contributed by atoms with Crippen molar-refractivity contribution >= 4 is 11.0 Å². The number of benzene rings is 1. The van der Waals surface area contributed by atoms with Gasteiger partial charge >= 0.3 is 5.63 Å². The molecule has 0 aliphatic heterocycles. The second kappa shape index (κ2) is 4.00. The van der Waals surface area contributed by atoms with Gasteiger partial charge in [0.1, 0.15) is 5.58 Å². The molecule has 0 radical (unpaired) electrons. The van der Waals surface area contributed by atoms with Crippen molar-refractivity contribution in [2.24, 2.45) is 17.3 Å². The zero-order valence-corrected chi connectivity index (χ0v) is 13.0. The lowest BCUT2D eigenvalue weighted by Gasteiger charge is -2.68. The number of para-hydroxylation sites is 1. The van der Waals surface area contributed by atoms with Gasteiger partial charge in [-0.25, -0.2) is 4.79 Å². The highest BCUT2D eigenvalue weighted by molar-refractivity contribution is 5.77. The third kappa shape index (κ3) is 1.46. The van der Waals surface area contributed by atoms with Crippen LogP contribution in [0, 0.1) is 17.3 Å². The predicted octanol–water partition coefficient (Wildman–Crippen LogP) is 4.51. The first-order chi connectivity index (χ1) is 9.97. The van der Waals surface area contributed by atoms with E-state index in [1.54, 1.807) is 0 Å². The third-order valence-electron chi connectivity index (χ3n) is 6.65. The van der Waals surface area contributed by atoms with Crippen LogP contribution in [0.15, 0.2) is 39.5 Å².